The fraction of sp³-hybridized carbons (Fsp3) is 0.556. The number of amides is 1. The van der Waals surface area contributed by atoms with Gasteiger partial charge >= 0.3 is 6.09 Å². The lowest BCUT2D eigenvalue weighted by molar-refractivity contribution is 0.107. The van der Waals surface area contributed by atoms with Crippen molar-refractivity contribution in [1.29, 1.82) is 0 Å². The molecule has 0 unspecified atom stereocenters. The third-order valence-corrected chi connectivity index (χ3v) is 7.27. The second-order valence-electron chi connectivity index (χ2n) is 10.0. The van der Waals surface area contributed by atoms with E-state index in [1.54, 1.807) is 6.07 Å². The lowest BCUT2D eigenvalue weighted by atomic mass is 9.92. The SMILES string of the molecule is Cc1ccc(NC(=O)OCC(Cl)(Cl)Cl)cc1-c1cc(O[C@H]2CC[C@H](N(C)C)CC2)nc(N2CCOCC2)c1. The van der Waals surface area contributed by atoms with Crippen molar-refractivity contribution >= 4 is 52.4 Å². The fourth-order valence-corrected chi connectivity index (χ4v) is 4.99. The normalized spacial score (nSPS) is 20.3. The maximum atomic E-state index is 12.2. The molecule has 38 heavy (non-hydrogen) atoms. The first-order valence-electron chi connectivity index (χ1n) is 12.9. The summed E-state index contributed by atoms with van der Waals surface area (Å²) in [5, 5.41) is 2.71. The molecule has 0 radical (unpaired) electrons. The second kappa shape index (κ2) is 12.9. The van der Waals surface area contributed by atoms with E-state index in [2.05, 4.69) is 35.3 Å². The quantitative estimate of drug-likeness (QED) is 0.396. The van der Waals surface area contributed by atoms with E-state index in [4.69, 9.17) is 54.0 Å². The Morgan fingerprint density at radius 1 is 1.13 bits per heavy atom. The molecular formula is C27H35Cl3N4O4. The Labute approximate surface area is 239 Å². The topological polar surface area (TPSA) is 76.2 Å². The number of carbonyl (C=O) groups excluding carboxylic acids is 1. The maximum absolute atomic E-state index is 12.2. The van der Waals surface area contributed by atoms with Gasteiger partial charge in [-0.1, -0.05) is 40.9 Å². The largest absolute Gasteiger partial charge is 0.474 e. The number of nitrogens with zero attached hydrogens (tertiary/aromatic N) is 3. The first kappa shape index (κ1) is 29.0. The van der Waals surface area contributed by atoms with Gasteiger partial charge in [0.2, 0.25) is 9.67 Å². The summed E-state index contributed by atoms with van der Waals surface area (Å²) in [6.07, 6.45) is 3.64. The molecule has 2 aromatic rings. The van der Waals surface area contributed by atoms with Gasteiger partial charge in [0.05, 0.1) is 13.2 Å². The molecule has 1 aliphatic heterocycles. The van der Waals surface area contributed by atoms with E-state index < -0.39 is 9.89 Å². The third-order valence-electron chi connectivity index (χ3n) is 6.95. The number of alkyl halides is 3. The number of anilines is 2. The van der Waals surface area contributed by atoms with Gasteiger partial charge in [-0.2, -0.15) is 4.98 Å². The van der Waals surface area contributed by atoms with Gasteiger partial charge in [-0.3, -0.25) is 5.32 Å². The molecule has 1 saturated carbocycles. The summed E-state index contributed by atoms with van der Waals surface area (Å²) in [6.45, 7) is 4.51. The van der Waals surface area contributed by atoms with Crippen molar-refractivity contribution < 1.29 is 19.0 Å². The van der Waals surface area contributed by atoms with Crippen LogP contribution in [0.15, 0.2) is 30.3 Å². The van der Waals surface area contributed by atoms with Gasteiger partial charge in [0.25, 0.3) is 0 Å². The molecule has 1 aromatic carbocycles. The molecule has 4 rings (SSSR count). The smallest absolute Gasteiger partial charge is 0.411 e. The van der Waals surface area contributed by atoms with Crippen LogP contribution in [0.4, 0.5) is 16.3 Å². The van der Waals surface area contributed by atoms with Crippen molar-refractivity contribution in [2.45, 2.75) is 48.5 Å². The zero-order chi connectivity index (χ0) is 27.3. The molecule has 2 heterocycles. The first-order chi connectivity index (χ1) is 18.1. The van der Waals surface area contributed by atoms with Gasteiger partial charge in [0, 0.05) is 30.9 Å². The summed E-state index contributed by atoms with van der Waals surface area (Å²) < 4.78 is 15.3. The number of rotatable bonds is 7. The van der Waals surface area contributed by atoms with Crippen LogP contribution in [0.3, 0.4) is 0 Å². The van der Waals surface area contributed by atoms with Crippen molar-refractivity contribution in [2.24, 2.45) is 0 Å². The van der Waals surface area contributed by atoms with Crippen LogP contribution in [0.25, 0.3) is 11.1 Å². The lowest BCUT2D eigenvalue weighted by Gasteiger charge is -2.33. The minimum absolute atomic E-state index is 0.133. The number of aryl methyl sites for hydroxylation is 1. The molecule has 0 bridgehead atoms. The van der Waals surface area contributed by atoms with Crippen molar-refractivity contribution in [3.8, 4) is 17.0 Å². The van der Waals surface area contributed by atoms with Gasteiger partial charge in [0.15, 0.2) is 0 Å². The molecule has 1 aliphatic carbocycles. The predicted molar refractivity (Wildman–Crippen MR) is 153 cm³/mol. The molecule has 2 aliphatic rings. The van der Waals surface area contributed by atoms with Gasteiger partial charge in [-0.05, 0) is 81.6 Å². The van der Waals surface area contributed by atoms with Crippen LogP contribution in [0, 0.1) is 6.92 Å². The number of halogens is 3. The molecule has 8 nitrogen and oxygen atoms in total. The molecule has 1 amide bonds. The Morgan fingerprint density at radius 3 is 2.50 bits per heavy atom. The highest BCUT2D eigenvalue weighted by Crippen LogP contribution is 2.34. The van der Waals surface area contributed by atoms with E-state index in [1.165, 1.54) is 0 Å². The highest BCUT2D eigenvalue weighted by atomic mass is 35.6. The van der Waals surface area contributed by atoms with E-state index in [0.717, 1.165) is 61.3 Å². The zero-order valence-corrected chi connectivity index (χ0v) is 24.3. The monoisotopic (exact) mass is 584 g/mol. The molecule has 2 fully saturated rings. The standard InChI is InChI=1S/C27H35Cl3N4O4/c1-18-4-5-20(31-26(35)37-17-27(28,29)30)16-23(18)19-14-24(34-10-12-36-13-11-34)32-25(15-19)38-22-8-6-21(7-9-22)33(2)3/h4-5,14-16,21-22H,6-13,17H2,1-3H3,(H,31,35)/t21-,22-. The van der Waals surface area contributed by atoms with Gasteiger partial charge in [-0.15, -0.1) is 0 Å². The van der Waals surface area contributed by atoms with Crippen molar-refractivity contribution in [2.75, 3.05) is 57.2 Å². The van der Waals surface area contributed by atoms with E-state index >= 15 is 0 Å². The molecule has 0 spiro atoms. The third kappa shape index (κ3) is 8.26. The molecule has 208 valence electrons. The van der Waals surface area contributed by atoms with E-state index in [0.29, 0.717) is 30.8 Å². The van der Waals surface area contributed by atoms with Crippen LogP contribution in [-0.4, -0.2) is 78.9 Å². The first-order valence-corrected chi connectivity index (χ1v) is 14.0. The summed E-state index contributed by atoms with van der Waals surface area (Å²) in [6, 6.07) is 10.3. The number of aromatic nitrogens is 1. The van der Waals surface area contributed by atoms with Crippen molar-refractivity contribution in [1.82, 2.24) is 9.88 Å². The van der Waals surface area contributed by atoms with Crippen molar-refractivity contribution in [3.63, 3.8) is 0 Å². The van der Waals surface area contributed by atoms with Gasteiger partial charge in [-0.25, -0.2) is 4.79 Å². The Morgan fingerprint density at radius 2 is 1.84 bits per heavy atom. The average molecular weight is 586 g/mol. The highest BCUT2D eigenvalue weighted by molar-refractivity contribution is 6.67. The predicted octanol–water partition coefficient (Wildman–Crippen LogP) is 6.06. The van der Waals surface area contributed by atoms with Crippen LogP contribution in [-0.2, 0) is 9.47 Å². The minimum atomic E-state index is -1.68. The Bertz CT molecular complexity index is 1100. The fourth-order valence-electron chi connectivity index (χ4n) is 4.82. The van der Waals surface area contributed by atoms with Crippen LogP contribution >= 0.6 is 34.8 Å². The zero-order valence-electron chi connectivity index (χ0n) is 22.0. The summed E-state index contributed by atoms with van der Waals surface area (Å²) in [7, 11) is 4.27. The number of benzene rings is 1. The summed E-state index contributed by atoms with van der Waals surface area (Å²) in [5.74, 6) is 1.46. The molecule has 1 saturated heterocycles. The number of pyridine rings is 1. The van der Waals surface area contributed by atoms with Crippen LogP contribution in [0.2, 0.25) is 0 Å². The van der Waals surface area contributed by atoms with E-state index in [9.17, 15) is 4.79 Å². The van der Waals surface area contributed by atoms with Crippen molar-refractivity contribution in [3.05, 3.63) is 35.9 Å². The van der Waals surface area contributed by atoms with Crippen LogP contribution < -0.4 is 15.0 Å². The Hall–Kier alpha value is -1.97. The summed E-state index contributed by atoms with van der Waals surface area (Å²) in [5.41, 5.74) is 3.51. The highest BCUT2D eigenvalue weighted by Gasteiger charge is 2.25. The number of ether oxygens (including phenoxy) is 3. The molecule has 11 heteroatoms. The van der Waals surface area contributed by atoms with Gasteiger partial charge < -0.3 is 24.0 Å². The number of hydrogen-bond donors (Lipinski definition) is 1. The second-order valence-corrected chi connectivity index (χ2v) is 12.5. The Kier molecular flexibility index (Phi) is 9.87. The van der Waals surface area contributed by atoms with Gasteiger partial charge in [0.1, 0.15) is 18.5 Å². The maximum Gasteiger partial charge on any atom is 0.411 e. The van der Waals surface area contributed by atoms with E-state index in [1.807, 2.05) is 25.1 Å². The number of hydrogen-bond acceptors (Lipinski definition) is 7. The number of carbonyl (C=O) groups is 1. The van der Waals surface area contributed by atoms with Crippen LogP contribution in [0.1, 0.15) is 31.2 Å². The molecule has 1 N–H and O–H groups in total. The number of morpholine rings is 1. The summed E-state index contributed by atoms with van der Waals surface area (Å²) in [4.78, 5) is 21.6. The van der Waals surface area contributed by atoms with E-state index in [-0.39, 0.29) is 12.7 Å². The summed E-state index contributed by atoms with van der Waals surface area (Å²) >= 11 is 17.1. The van der Waals surface area contributed by atoms with Crippen LogP contribution in [0.5, 0.6) is 5.88 Å². The molecule has 1 aromatic heterocycles. The Balaban J connectivity index is 1.58. The molecule has 0 atom stereocenters. The number of nitrogens with one attached hydrogen (secondary N) is 1. The molecular weight excluding hydrogens is 551 g/mol. The average Bonchev–Trinajstić information content (AvgIpc) is 2.89. The lowest BCUT2D eigenvalue weighted by Crippen LogP contribution is -2.37. The minimum Gasteiger partial charge on any atom is -0.474 e.